The van der Waals surface area contributed by atoms with Crippen LogP contribution in [0.2, 0.25) is 0 Å². The lowest BCUT2D eigenvalue weighted by Gasteiger charge is -2.32. The fraction of sp³-hybridized carbons (Fsp3) is 0.471. The fourth-order valence-corrected chi connectivity index (χ4v) is 3.23. The molecule has 22 heavy (non-hydrogen) atoms. The van der Waals surface area contributed by atoms with Crippen LogP contribution in [0.5, 0.6) is 0 Å². The van der Waals surface area contributed by atoms with Gasteiger partial charge in [-0.3, -0.25) is 0 Å². The number of hydrogen-bond acceptors (Lipinski definition) is 3. The molecule has 5 nitrogen and oxygen atoms in total. The van der Waals surface area contributed by atoms with Crippen LogP contribution in [-0.4, -0.2) is 54.3 Å². The molecule has 0 unspecified atom stereocenters. The third-order valence-electron chi connectivity index (χ3n) is 4.55. The molecule has 0 atom stereocenters. The summed E-state index contributed by atoms with van der Waals surface area (Å²) in [5.41, 5.74) is 2.45. The number of nitrogens with one attached hydrogen (secondary N) is 1. The van der Waals surface area contributed by atoms with Crippen molar-refractivity contribution in [3.8, 4) is 0 Å². The van der Waals surface area contributed by atoms with Gasteiger partial charge in [0.05, 0.1) is 6.61 Å². The number of fused-ring (bicyclic) bond motifs is 1. The van der Waals surface area contributed by atoms with Gasteiger partial charge in [-0.25, -0.2) is 4.79 Å². The zero-order valence-electron chi connectivity index (χ0n) is 12.8. The summed E-state index contributed by atoms with van der Waals surface area (Å²) in [7, 11) is 1.74. The largest absolute Gasteiger partial charge is 0.477 e. The van der Waals surface area contributed by atoms with Gasteiger partial charge in [0.25, 0.3) is 0 Å². The number of rotatable bonds is 5. The molecule has 0 saturated carbocycles. The zero-order chi connectivity index (χ0) is 15.5. The Morgan fingerprint density at radius 3 is 2.82 bits per heavy atom. The first-order valence-electron chi connectivity index (χ1n) is 7.74. The van der Waals surface area contributed by atoms with Gasteiger partial charge >= 0.3 is 5.97 Å². The number of carbonyl (C=O) groups is 1. The molecule has 5 heteroatoms. The van der Waals surface area contributed by atoms with Gasteiger partial charge in [-0.2, -0.15) is 0 Å². The Morgan fingerprint density at radius 1 is 1.36 bits per heavy atom. The summed E-state index contributed by atoms with van der Waals surface area (Å²) < 4.78 is 5.13. The van der Waals surface area contributed by atoms with Gasteiger partial charge < -0.3 is 19.7 Å². The summed E-state index contributed by atoms with van der Waals surface area (Å²) in [4.78, 5) is 16.4. The van der Waals surface area contributed by atoms with E-state index in [1.807, 2.05) is 6.07 Å². The predicted octanol–water partition coefficient (Wildman–Crippen LogP) is 2.69. The van der Waals surface area contributed by atoms with Gasteiger partial charge in [-0.05, 0) is 55.6 Å². The smallest absolute Gasteiger partial charge is 0.352 e. The minimum atomic E-state index is -0.913. The van der Waals surface area contributed by atoms with Crippen LogP contribution < -0.4 is 0 Å². The highest BCUT2D eigenvalue weighted by Gasteiger charge is 2.20. The number of ether oxygens (including phenoxy) is 1. The monoisotopic (exact) mass is 302 g/mol. The quantitative estimate of drug-likeness (QED) is 0.891. The van der Waals surface area contributed by atoms with Gasteiger partial charge in [-0.15, -0.1) is 0 Å². The van der Waals surface area contributed by atoms with E-state index in [-0.39, 0.29) is 5.69 Å². The molecule has 2 N–H and O–H groups in total. The molecular weight excluding hydrogens is 280 g/mol. The number of carboxylic acids is 1. The first-order chi connectivity index (χ1) is 10.7. The van der Waals surface area contributed by atoms with E-state index >= 15 is 0 Å². The molecule has 1 aromatic carbocycles. The van der Waals surface area contributed by atoms with Crippen LogP contribution in [0.4, 0.5) is 0 Å². The SMILES string of the molecule is COCCN1CCC(c2ccc3[nH]c(C(=O)O)cc3c2)CC1. The highest BCUT2D eigenvalue weighted by Crippen LogP contribution is 2.30. The second-order valence-electron chi connectivity index (χ2n) is 5.94. The van der Waals surface area contributed by atoms with Crippen molar-refractivity contribution in [1.29, 1.82) is 0 Å². The van der Waals surface area contributed by atoms with E-state index in [2.05, 4.69) is 22.0 Å². The van der Waals surface area contributed by atoms with E-state index < -0.39 is 5.97 Å². The molecule has 3 rings (SSSR count). The van der Waals surface area contributed by atoms with E-state index in [0.29, 0.717) is 5.92 Å². The summed E-state index contributed by atoms with van der Waals surface area (Å²) in [5, 5.41) is 10.0. The van der Waals surface area contributed by atoms with Crippen LogP contribution in [-0.2, 0) is 4.74 Å². The van der Waals surface area contributed by atoms with Gasteiger partial charge in [0.15, 0.2) is 0 Å². The van der Waals surface area contributed by atoms with Crippen LogP contribution in [0.3, 0.4) is 0 Å². The fourth-order valence-electron chi connectivity index (χ4n) is 3.23. The van der Waals surface area contributed by atoms with Gasteiger partial charge in [0.1, 0.15) is 5.69 Å². The molecule has 1 fully saturated rings. The average Bonchev–Trinajstić information content (AvgIpc) is 2.97. The number of hydrogen-bond donors (Lipinski definition) is 2. The van der Waals surface area contributed by atoms with E-state index in [9.17, 15) is 4.79 Å². The predicted molar refractivity (Wildman–Crippen MR) is 85.5 cm³/mol. The molecule has 1 saturated heterocycles. The molecule has 2 heterocycles. The number of nitrogens with zero attached hydrogens (tertiary/aromatic N) is 1. The lowest BCUT2D eigenvalue weighted by molar-refractivity contribution is 0.0691. The van der Waals surface area contributed by atoms with Crippen LogP contribution in [0.15, 0.2) is 24.3 Å². The number of aromatic nitrogens is 1. The molecule has 1 aromatic heterocycles. The standard InChI is InChI=1S/C17H22N2O3/c1-22-9-8-19-6-4-12(5-7-19)13-2-3-15-14(10-13)11-16(18-15)17(20)21/h2-3,10-12,18H,4-9H2,1H3,(H,20,21). The maximum absolute atomic E-state index is 11.0. The Labute approximate surface area is 129 Å². The Hall–Kier alpha value is -1.85. The molecule has 0 bridgehead atoms. The summed E-state index contributed by atoms with van der Waals surface area (Å²) in [6, 6.07) is 7.97. The van der Waals surface area contributed by atoms with Crippen molar-refractivity contribution in [2.75, 3.05) is 33.4 Å². The van der Waals surface area contributed by atoms with Crippen LogP contribution in [0.25, 0.3) is 10.9 Å². The van der Waals surface area contributed by atoms with Gasteiger partial charge in [0.2, 0.25) is 0 Å². The highest BCUT2D eigenvalue weighted by molar-refractivity contribution is 5.93. The maximum atomic E-state index is 11.0. The summed E-state index contributed by atoms with van der Waals surface area (Å²) in [5.74, 6) is -0.351. The average molecular weight is 302 g/mol. The zero-order valence-corrected chi connectivity index (χ0v) is 12.8. The second-order valence-corrected chi connectivity index (χ2v) is 5.94. The number of aromatic amines is 1. The number of methoxy groups -OCH3 is 1. The highest BCUT2D eigenvalue weighted by atomic mass is 16.5. The molecule has 1 aliphatic heterocycles. The Kier molecular flexibility index (Phi) is 4.45. The van der Waals surface area contributed by atoms with Crippen molar-refractivity contribution in [2.24, 2.45) is 0 Å². The number of likely N-dealkylation sites (tertiary alicyclic amines) is 1. The Morgan fingerprint density at radius 2 is 2.14 bits per heavy atom. The van der Waals surface area contributed by atoms with E-state index in [1.165, 1.54) is 5.56 Å². The van der Waals surface area contributed by atoms with Crippen molar-refractivity contribution in [3.63, 3.8) is 0 Å². The molecule has 0 radical (unpaired) electrons. The van der Waals surface area contributed by atoms with Crippen molar-refractivity contribution in [3.05, 3.63) is 35.5 Å². The molecule has 0 aliphatic carbocycles. The van der Waals surface area contributed by atoms with Crippen molar-refractivity contribution in [1.82, 2.24) is 9.88 Å². The number of benzene rings is 1. The molecular formula is C17H22N2O3. The summed E-state index contributed by atoms with van der Waals surface area (Å²) >= 11 is 0. The lowest BCUT2D eigenvalue weighted by Crippen LogP contribution is -2.35. The molecule has 118 valence electrons. The van der Waals surface area contributed by atoms with Crippen LogP contribution in [0.1, 0.15) is 34.8 Å². The normalized spacial score (nSPS) is 17.1. The van der Waals surface area contributed by atoms with Crippen LogP contribution in [0, 0.1) is 0 Å². The van der Waals surface area contributed by atoms with Crippen molar-refractivity contribution >= 4 is 16.9 Å². The Balaban J connectivity index is 1.70. The first-order valence-corrected chi connectivity index (χ1v) is 7.74. The third-order valence-corrected chi connectivity index (χ3v) is 4.55. The summed E-state index contributed by atoms with van der Waals surface area (Å²) in [6.45, 7) is 3.99. The number of piperidine rings is 1. The molecule has 1 aliphatic rings. The lowest BCUT2D eigenvalue weighted by atomic mass is 9.89. The minimum Gasteiger partial charge on any atom is -0.477 e. The second kappa shape index (κ2) is 6.50. The number of carboxylic acid groups (broad SMARTS) is 1. The van der Waals surface area contributed by atoms with E-state index in [1.54, 1.807) is 13.2 Å². The van der Waals surface area contributed by atoms with Gasteiger partial charge in [-0.1, -0.05) is 6.07 Å². The van der Waals surface area contributed by atoms with E-state index in [4.69, 9.17) is 9.84 Å². The maximum Gasteiger partial charge on any atom is 0.352 e. The minimum absolute atomic E-state index is 0.251. The molecule has 0 spiro atoms. The number of aromatic carboxylic acids is 1. The van der Waals surface area contributed by atoms with Crippen molar-refractivity contribution in [2.45, 2.75) is 18.8 Å². The Bertz CT molecular complexity index is 657. The topological polar surface area (TPSA) is 65.6 Å². The summed E-state index contributed by atoms with van der Waals surface area (Å²) in [6.07, 6.45) is 2.29. The molecule has 2 aromatic rings. The first kappa shape index (κ1) is 15.1. The van der Waals surface area contributed by atoms with E-state index in [0.717, 1.165) is 50.0 Å². The molecule has 0 amide bonds. The third kappa shape index (κ3) is 3.15. The van der Waals surface area contributed by atoms with Crippen LogP contribution >= 0.6 is 0 Å². The number of H-pyrrole nitrogens is 1. The van der Waals surface area contributed by atoms with Gasteiger partial charge in [0, 0.05) is 24.6 Å². The van der Waals surface area contributed by atoms with Crippen molar-refractivity contribution < 1.29 is 14.6 Å².